The Morgan fingerprint density at radius 1 is 0.344 bits per heavy atom. The maximum absolute atomic E-state index is 12.8. The van der Waals surface area contributed by atoms with Crippen molar-refractivity contribution < 1.29 is 28.6 Å². The molecule has 0 aromatic rings. The van der Waals surface area contributed by atoms with Gasteiger partial charge in [0.05, 0.1) is 0 Å². The Bertz CT molecular complexity index is 1070. The first-order chi connectivity index (χ1) is 30.0. The highest BCUT2D eigenvalue weighted by Gasteiger charge is 2.19. The average Bonchev–Trinajstić information content (AvgIpc) is 3.26. The van der Waals surface area contributed by atoms with E-state index in [1.807, 2.05) is 0 Å². The molecule has 0 aromatic heterocycles. The minimum Gasteiger partial charge on any atom is -0.462 e. The molecule has 1 unspecified atom stereocenters. The largest absolute Gasteiger partial charge is 0.462 e. The summed E-state index contributed by atoms with van der Waals surface area (Å²) in [6, 6.07) is 0. The Hall–Kier alpha value is -2.63. The summed E-state index contributed by atoms with van der Waals surface area (Å²) < 4.78 is 16.8. The Kier molecular flexibility index (Phi) is 47.9. The van der Waals surface area contributed by atoms with Gasteiger partial charge in [-0.25, -0.2) is 0 Å². The van der Waals surface area contributed by atoms with Crippen LogP contribution in [0.1, 0.15) is 265 Å². The molecule has 0 heterocycles. The molecule has 0 aliphatic heterocycles. The topological polar surface area (TPSA) is 78.9 Å². The van der Waals surface area contributed by atoms with Crippen LogP contribution in [-0.2, 0) is 28.6 Å². The number of rotatable bonds is 47. The molecule has 6 nitrogen and oxygen atoms in total. The smallest absolute Gasteiger partial charge is 0.306 e. The summed E-state index contributed by atoms with van der Waals surface area (Å²) >= 11 is 0. The summed E-state index contributed by atoms with van der Waals surface area (Å²) in [5.41, 5.74) is 0. The van der Waals surface area contributed by atoms with Crippen LogP contribution in [0.3, 0.4) is 0 Å². The molecule has 0 N–H and O–H groups in total. The molecule has 0 bridgehead atoms. The van der Waals surface area contributed by atoms with E-state index in [1.54, 1.807) is 0 Å². The van der Waals surface area contributed by atoms with Crippen LogP contribution in [-0.4, -0.2) is 37.2 Å². The van der Waals surface area contributed by atoms with E-state index < -0.39 is 6.10 Å². The number of unbranched alkanes of at least 4 members (excludes halogenated alkanes) is 30. The van der Waals surface area contributed by atoms with Crippen LogP contribution in [0.15, 0.2) is 48.6 Å². The van der Waals surface area contributed by atoms with Crippen molar-refractivity contribution in [3.63, 3.8) is 0 Å². The SMILES string of the molecule is CC\C=C/C=C\C=C/CCCCCCCCCC(=O)OCC(COC(=O)CCCCCCCCCCCCCCC)OC(=O)CCCCCCCCC/C=C\CCCCCC. The zero-order valence-corrected chi connectivity index (χ0v) is 40.4. The number of carbonyl (C=O) groups excluding carboxylic acids is 3. The van der Waals surface area contributed by atoms with E-state index in [2.05, 4.69) is 69.4 Å². The lowest BCUT2D eigenvalue weighted by molar-refractivity contribution is -0.167. The Balaban J connectivity index is 4.38. The van der Waals surface area contributed by atoms with Gasteiger partial charge in [-0.15, -0.1) is 0 Å². The fourth-order valence-corrected chi connectivity index (χ4v) is 7.44. The number of hydrogen-bond acceptors (Lipinski definition) is 6. The predicted octanol–water partition coefficient (Wildman–Crippen LogP) is 17.1. The van der Waals surface area contributed by atoms with Crippen molar-refractivity contribution in [2.45, 2.75) is 271 Å². The second kappa shape index (κ2) is 50.0. The lowest BCUT2D eigenvalue weighted by Crippen LogP contribution is -2.30. The Morgan fingerprint density at radius 3 is 1.05 bits per heavy atom. The third-order valence-corrected chi connectivity index (χ3v) is 11.4. The van der Waals surface area contributed by atoms with Gasteiger partial charge in [0.25, 0.3) is 0 Å². The molecule has 0 radical (unpaired) electrons. The van der Waals surface area contributed by atoms with E-state index in [1.165, 1.54) is 154 Å². The molecule has 0 aliphatic rings. The summed E-state index contributed by atoms with van der Waals surface area (Å²) in [5, 5.41) is 0. The molecule has 0 aliphatic carbocycles. The molecule has 0 saturated heterocycles. The highest BCUT2D eigenvalue weighted by atomic mass is 16.6. The molecular weight excluding hydrogens is 757 g/mol. The van der Waals surface area contributed by atoms with Crippen molar-refractivity contribution in [2.75, 3.05) is 13.2 Å². The van der Waals surface area contributed by atoms with Crippen LogP contribution in [0.2, 0.25) is 0 Å². The van der Waals surface area contributed by atoms with Crippen LogP contribution in [0.5, 0.6) is 0 Å². The third-order valence-electron chi connectivity index (χ3n) is 11.4. The molecule has 0 fully saturated rings. The fraction of sp³-hybridized carbons (Fsp3) is 0.800. The van der Waals surface area contributed by atoms with E-state index in [-0.39, 0.29) is 31.1 Å². The zero-order chi connectivity index (χ0) is 44.4. The first-order valence-corrected chi connectivity index (χ1v) is 26.2. The fourth-order valence-electron chi connectivity index (χ4n) is 7.44. The molecule has 1 atom stereocenters. The lowest BCUT2D eigenvalue weighted by atomic mass is 10.0. The standard InChI is InChI=1S/C55H98O6/c1-4-7-10-13-16-19-22-25-27-30-33-36-39-42-45-48-54(57)60-51-52(50-59-53(56)47-44-41-38-35-32-29-24-21-18-15-12-9-6-3)61-55(58)49-46-43-40-37-34-31-28-26-23-20-17-14-11-8-5-2/h7,10,13,16,19-20,22-23,52H,4-6,8-9,11-12,14-15,17-18,21,24-51H2,1-3H3/b10-7-,16-13-,22-19-,23-20-. The Morgan fingerprint density at radius 2 is 0.656 bits per heavy atom. The normalized spacial score (nSPS) is 12.4. The first kappa shape index (κ1) is 58.4. The number of allylic oxidation sites excluding steroid dienone is 8. The van der Waals surface area contributed by atoms with Gasteiger partial charge in [0.1, 0.15) is 13.2 Å². The minimum atomic E-state index is -0.777. The predicted molar refractivity (Wildman–Crippen MR) is 261 cm³/mol. The summed E-state index contributed by atoms with van der Waals surface area (Å²) in [6.45, 7) is 6.50. The van der Waals surface area contributed by atoms with Crippen LogP contribution in [0.25, 0.3) is 0 Å². The number of hydrogen-bond donors (Lipinski definition) is 0. The summed E-state index contributed by atoms with van der Waals surface area (Å²) in [7, 11) is 0. The number of ether oxygens (including phenoxy) is 3. The van der Waals surface area contributed by atoms with Gasteiger partial charge in [0, 0.05) is 19.3 Å². The Labute approximate surface area is 378 Å². The van der Waals surface area contributed by atoms with Gasteiger partial charge in [-0.2, -0.15) is 0 Å². The van der Waals surface area contributed by atoms with Crippen molar-refractivity contribution >= 4 is 17.9 Å². The highest BCUT2D eigenvalue weighted by molar-refractivity contribution is 5.71. The monoisotopic (exact) mass is 855 g/mol. The summed E-state index contributed by atoms with van der Waals surface area (Å²) in [6.07, 6.45) is 59.4. The summed E-state index contributed by atoms with van der Waals surface area (Å²) in [4.78, 5) is 38.0. The van der Waals surface area contributed by atoms with E-state index in [0.717, 1.165) is 70.6 Å². The molecular formula is C55H98O6. The van der Waals surface area contributed by atoms with Gasteiger partial charge < -0.3 is 14.2 Å². The van der Waals surface area contributed by atoms with Crippen LogP contribution >= 0.6 is 0 Å². The zero-order valence-electron chi connectivity index (χ0n) is 40.4. The van der Waals surface area contributed by atoms with E-state index in [0.29, 0.717) is 19.3 Å². The van der Waals surface area contributed by atoms with Gasteiger partial charge in [0.2, 0.25) is 0 Å². The van der Waals surface area contributed by atoms with Gasteiger partial charge in [0.15, 0.2) is 6.10 Å². The summed E-state index contributed by atoms with van der Waals surface area (Å²) in [5.74, 6) is -0.885. The second-order valence-electron chi connectivity index (χ2n) is 17.5. The van der Waals surface area contributed by atoms with Gasteiger partial charge in [-0.1, -0.05) is 230 Å². The van der Waals surface area contributed by atoms with Gasteiger partial charge in [-0.3, -0.25) is 14.4 Å². The third kappa shape index (κ3) is 48.3. The van der Waals surface area contributed by atoms with Crippen molar-refractivity contribution in [3.8, 4) is 0 Å². The quantitative estimate of drug-likeness (QED) is 0.0199. The maximum Gasteiger partial charge on any atom is 0.306 e. The molecule has 0 spiro atoms. The van der Waals surface area contributed by atoms with Gasteiger partial charge >= 0.3 is 17.9 Å². The van der Waals surface area contributed by atoms with E-state index >= 15 is 0 Å². The highest BCUT2D eigenvalue weighted by Crippen LogP contribution is 2.15. The minimum absolute atomic E-state index is 0.0763. The van der Waals surface area contributed by atoms with Crippen molar-refractivity contribution in [3.05, 3.63) is 48.6 Å². The molecule has 0 aromatic carbocycles. The molecule has 61 heavy (non-hydrogen) atoms. The van der Waals surface area contributed by atoms with Crippen LogP contribution in [0.4, 0.5) is 0 Å². The number of esters is 3. The van der Waals surface area contributed by atoms with Crippen molar-refractivity contribution in [2.24, 2.45) is 0 Å². The molecule has 6 heteroatoms. The average molecular weight is 855 g/mol. The first-order valence-electron chi connectivity index (χ1n) is 26.2. The molecule has 0 amide bonds. The maximum atomic E-state index is 12.8. The second-order valence-corrected chi connectivity index (χ2v) is 17.5. The van der Waals surface area contributed by atoms with Gasteiger partial charge in [-0.05, 0) is 64.2 Å². The van der Waals surface area contributed by atoms with Crippen molar-refractivity contribution in [1.29, 1.82) is 0 Å². The van der Waals surface area contributed by atoms with Crippen LogP contribution < -0.4 is 0 Å². The van der Waals surface area contributed by atoms with Crippen LogP contribution in [0, 0.1) is 0 Å². The van der Waals surface area contributed by atoms with E-state index in [9.17, 15) is 14.4 Å². The lowest BCUT2D eigenvalue weighted by Gasteiger charge is -2.18. The molecule has 354 valence electrons. The number of carbonyl (C=O) groups is 3. The van der Waals surface area contributed by atoms with E-state index in [4.69, 9.17) is 14.2 Å². The molecule has 0 saturated carbocycles. The van der Waals surface area contributed by atoms with Crippen molar-refractivity contribution in [1.82, 2.24) is 0 Å². The molecule has 0 rings (SSSR count).